The predicted octanol–water partition coefficient (Wildman–Crippen LogP) is 2.66. The lowest BCUT2D eigenvalue weighted by atomic mass is 10.1. The Balaban J connectivity index is 1.61. The molecule has 1 amide bonds. The van der Waals surface area contributed by atoms with Crippen molar-refractivity contribution in [3.05, 3.63) is 41.0 Å². The highest BCUT2D eigenvalue weighted by molar-refractivity contribution is 7.87. The van der Waals surface area contributed by atoms with Gasteiger partial charge in [-0.2, -0.15) is 17.7 Å². The monoisotopic (exact) mass is 484 g/mol. The summed E-state index contributed by atoms with van der Waals surface area (Å²) in [5, 5.41) is 2.86. The number of nitrogens with one attached hydrogen (secondary N) is 2. The van der Waals surface area contributed by atoms with E-state index in [1.54, 1.807) is 19.9 Å². The van der Waals surface area contributed by atoms with Gasteiger partial charge in [0.05, 0.1) is 25.4 Å². The molecule has 3 rings (SSSR count). The van der Waals surface area contributed by atoms with E-state index in [2.05, 4.69) is 10.3 Å². The molecule has 182 valence electrons. The first-order valence-electron chi connectivity index (χ1n) is 10.6. The first-order chi connectivity index (χ1) is 15.5. The number of aryl methyl sites for hydroxylation is 2. The van der Waals surface area contributed by atoms with Gasteiger partial charge in [-0.05, 0) is 57.4 Å². The smallest absolute Gasteiger partial charge is 0.304 e. The number of oxazole rings is 1. The first kappa shape index (κ1) is 25.1. The van der Waals surface area contributed by atoms with Crippen LogP contribution in [0, 0.1) is 19.7 Å². The van der Waals surface area contributed by atoms with Crippen LogP contribution in [-0.2, 0) is 19.7 Å². The van der Waals surface area contributed by atoms with Crippen molar-refractivity contribution in [3.8, 4) is 0 Å². The van der Waals surface area contributed by atoms with E-state index >= 15 is 0 Å². The SMILES string of the molecule is Cc1cc(Nc2nc(C(=O)NS(=O)(=O)N3CCOC(COC(C)C)CC3)co2)c(C)cc1F. The molecule has 1 unspecified atom stereocenters. The highest BCUT2D eigenvalue weighted by Crippen LogP contribution is 2.23. The van der Waals surface area contributed by atoms with Gasteiger partial charge in [0.1, 0.15) is 12.1 Å². The summed E-state index contributed by atoms with van der Waals surface area (Å²) in [6, 6.07) is 2.92. The molecule has 33 heavy (non-hydrogen) atoms. The van der Waals surface area contributed by atoms with E-state index in [0.29, 0.717) is 29.8 Å². The standard InChI is InChI=1S/C21H29FN4O6S/c1-13(2)31-11-16-5-6-26(7-8-30-16)33(28,29)25-20(27)19-12-32-21(24-19)23-18-10-14(3)17(22)9-15(18)4/h9-10,12-13,16H,5-8,11H2,1-4H3,(H,23,24)(H,25,27). The van der Waals surface area contributed by atoms with Gasteiger partial charge in [-0.3, -0.25) is 4.79 Å². The summed E-state index contributed by atoms with van der Waals surface area (Å²) in [5.41, 5.74) is 1.38. The van der Waals surface area contributed by atoms with Crippen molar-refractivity contribution in [1.29, 1.82) is 0 Å². The van der Waals surface area contributed by atoms with Gasteiger partial charge in [0.2, 0.25) is 0 Å². The van der Waals surface area contributed by atoms with E-state index < -0.39 is 16.1 Å². The summed E-state index contributed by atoms with van der Waals surface area (Å²) in [6.45, 7) is 8.00. The lowest BCUT2D eigenvalue weighted by molar-refractivity contribution is -0.0298. The highest BCUT2D eigenvalue weighted by Gasteiger charge is 2.29. The fourth-order valence-electron chi connectivity index (χ4n) is 3.18. The molecular weight excluding hydrogens is 455 g/mol. The van der Waals surface area contributed by atoms with Crippen LogP contribution in [0.4, 0.5) is 16.1 Å². The number of hydrogen-bond acceptors (Lipinski definition) is 8. The van der Waals surface area contributed by atoms with Crippen LogP contribution in [0.1, 0.15) is 41.9 Å². The van der Waals surface area contributed by atoms with Gasteiger partial charge in [-0.15, -0.1) is 0 Å². The Morgan fingerprint density at radius 3 is 2.79 bits per heavy atom. The molecular formula is C21H29FN4O6S. The van der Waals surface area contributed by atoms with Gasteiger partial charge in [-0.25, -0.2) is 9.11 Å². The number of hydrogen-bond donors (Lipinski definition) is 2. The number of ether oxygens (including phenoxy) is 2. The summed E-state index contributed by atoms with van der Waals surface area (Å²) in [4.78, 5) is 16.5. The van der Waals surface area contributed by atoms with Gasteiger partial charge < -0.3 is 19.2 Å². The van der Waals surface area contributed by atoms with Crippen LogP contribution in [0.5, 0.6) is 0 Å². The summed E-state index contributed by atoms with van der Waals surface area (Å²) >= 11 is 0. The number of amides is 1. The second-order valence-corrected chi connectivity index (χ2v) is 9.75. The summed E-state index contributed by atoms with van der Waals surface area (Å²) in [5.74, 6) is -1.27. The second-order valence-electron chi connectivity index (χ2n) is 8.08. The van der Waals surface area contributed by atoms with Gasteiger partial charge in [0, 0.05) is 18.8 Å². The minimum absolute atomic E-state index is 0.0252. The van der Waals surface area contributed by atoms with Crippen LogP contribution >= 0.6 is 0 Å². The van der Waals surface area contributed by atoms with Crippen LogP contribution in [-0.4, -0.2) is 62.1 Å². The Morgan fingerprint density at radius 2 is 2.06 bits per heavy atom. The van der Waals surface area contributed by atoms with E-state index in [4.69, 9.17) is 13.9 Å². The number of rotatable bonds is 8. The predicted molar refractivity (Wildman–Crippen MR) is 119 cm³/mol. The van der Waals surface area contributed by atoms with Gasteiger partial charge in [0.25, 0.3) is 11.9 Å². The van der Waals surface area contributed by atoms with Crippen LogP contribution < -0.4 is 10.0 Å². The fraction of sp³-hybridized carbons (Fsp3) is 0.524. The van der Waals surface area contributed by atoms with Crippen molar-refractivity contribution < 1.29 is 31.5 Å². The van der Waals surface area contributed by atoms with Gasteiger partial charge in [0.15, 0.2) is 5.69 Å². The molecule has 12 heteroatoms. The molecule has 1 aliphatic rings. The average Bonchev–Trinajstić information content (AvgIpc) is 3.06. The molecule has 2 heterocycles. The van der Waals surface area contributed by atoms with Crippen LogP contribution in [0.15, 0.2) is 22.8 Å². The van der Waals surface area contributed by atoms with Crippen molar-refractivity contribution in [2.75, 3.05) is 31.6 Å². The number of halogens is 1. The van der Waals surface area contributed by atoms with Crippen molar-refractivity contribution in [2.24, 2.45) is 0 Å². The maximum Gasteiger partial charge on any atom is 0.304 e. The zero-order valence-corrected chi connectivity index (χ0v) is 19.9. The third-order valence-corrected chi connectivity index (χ3v) is 6.54. The molecule has 0 saturated carbocycles. The maximum absolute atomic E-state index is 13.6. The van der Waals surface area contributed by atoms with Crippen LogP contribution in [0.25, 0.3) is 0 Å². The molecule has 1 atom stereocenters. The Morgan fingerprint density at radius 1 is 1.30 bits per heavy atom. The van der Waals surface area contributed by atoms with Gasteiger partial charge >= 0.3 is 10.2 Å². The number of aromatic nitrogens is 1. The lowest BCUT2D eigenvalue weighted by Crippen LogP contribution is -2.44. The summed E-state index contributed by atoms with van der Waals surface area (Å²) in [7, 11) is -4.11. The molecule has 2 aromatic rings. The van der Waals surface area contributed by atoms with E-state index in [1.807, 2.05) is 18.6 Å². The molecule has 1 aromatic heterocycles. The Labute approximate surface area is 192 Å². The number of anilines is 2. The molecule has 2 N–H and O–H groups in total. The normalized spacial score (nSPS) is 17.7. The van der Waals surface area contributed by atoms with Crippen molar-refractivity contribution in [3.63, 3.8) is 0 Å². The molecule has 1 aromatic carbocycles. The second kappa shape index (κ2) is 10.6. The largest absolute Gasteiger partial charge is 0.431 e. The van der Waals surface area contributed by atoms with Gasteiger partial charge in [-0.1, -0.05) is 0 Å². The Hall–Kier alpha value is -2.54. The maximum atomic E-state index is 13.6. The van der Waals surface area contributed by atoms with E-state index in [0.717, 1.165) is 10.6 Å². The quantitative estimate of drug-likeness (QED) is 0.586. The molecule has 1 fully saturated rings. The van der Waals surface area contributed by atoms with Crippen LogP contribution in [0.3, 0.4) is 0 Å². The summed E-state index contributed by atoms with van der Waals surface area (Å²) < 4.78 is 58.6. The first-order valence-corrected chi connectivity index (χ1v) is 12.0. The molecule has 0 aliphatic carbocycles. The summed E-state index contributed by atoms with van der Waals surface area (Å²) in [6.07, 6.45) is 1.32. The third kappa shape index (κ3) is 6.73. The molecule has 0 spiro atoms. The highest BCUT2D eigenvalue weighted by atomic mass is 32.2. The number of carbonyl (C=O) groups excluding carboxylic acids is 1. The number of benzene rings is 1. The molecule has 1 aliphatic heterocycles. The van der Waals surface area contributed by atoms with E-state index in [9.17, 15) is 17.6 Å². The number of nitrogens with zero attached hydrogens (tertiary/aromatic N) is 2. The average molecular weight is 485 g/mol. The number of carbonyl (C=O) groups is 1. The van der Waals surface area contributed by atoms with Crippen LogP contribution in [0.2, 0.25) is 0 Å². The van der Waals surface area contributed by atoms with E-state index in [-0.39, 0.29) is 49.4 Å². The molecule has 10 nitrogen and oxygen atoms in total. The fourth-order valence-corrected chi connectivity index (χ4v) is 4.30. The Kier molecular flexibility index (Phi) is 8.05. The topological polar surface area (TPSA) is 123 Å². The lowest BCUT2D eigenvalue weighted by Gasteiger charge is -2.19. The molecule has 1 saturated heterocycles. The Bertz CT molecular complexity index is 1090. The van der Waals surface area contributed by atoms with E-state index in [1.165, 1.54) is 6.07 Å². The zero-order chi connectivity index (χ0) is 24.2. The minimum Gasteiger partial charge on any atom is -0.431 e. The third-order valence-electron chi connectivity index (χ3n) is 5.06. The minimum atomic E-state index is -4.11. The zero-order valence-electron chi connectivity index (χ0n) is 19.1. The molecule has 0 radical (unpaired) electrons. The van der Waals surface area contributed by atoms with Crippen molar-refractivity contribution in [2.45, 2.75) is 46.3 Å². The molecule has 0 bridgehead atoms. The van der Waals surface area contributed by atoms with Crippen molar-refractivity contribution >= 4 is 27.8 Å². The van der Waals surface area contributed by atoms with Crippen molar-refractivity contribution in [1.82, 2.24) is 14.0 Å².